The highest BCUT2D eigenvalue weighted by Crippen LogP contribution is 2.41. The summed E-state index contributed by atoms with van der Waals surface area (Å²) in [6, 6.07) is 4.25. The molecule has 3 nitrogen and oxygen atoms in total. The standard InChI is InChI=1S/C13H7Cl3FNO2/c1-20-13(19)6-4-5-18-12(17)9(6)10-7(14)2-3-8(15)11(10)16/h2-5H,1H3. The van der Waals surface area contributed by atoms with Gasteiger partial charge in [-0.1, -0.05) is 34.8 Å². The summed E-state index contributed by atoms with van der Waals surface area (Å²) >= 11 is 18.0. The molecule has 0 saturated heterocycles. The second kappa shape index (κ2) is 5.95. The van der Waals surface area contributed by atoms with Gasteiger partial charge in [-0.25, -0.2) is 9.78 Å². The van der Waals surface area contributed by atoms with Crippen molar-refractivity contribution in [3.05, 3.63) is 51.0 Å². The number of carbonyl (C=O) groups is 1. The number of methoxy groups -OCH3 is 1. The Morgan fingerprint density at radius 3 is 2.45 bits per heavy atom. The van der Waals surface area contributed by atoms with Gasteiger partial charge in [0.05, 0.1) is 33.3 Å². The van der Waals surface area contributed by atoms with E-state index in [1.807, 2.05) is 0 Å². The Labute approximate surface area is 129 Å². The number of nitrogens with zero attached hydrogens (tertiary/aromatic N) is 1. The van der Waals surface area contributed by atoms with Crippen LogP contribution in [0.2, 0.25) is 15.1 Å². The first-order valence-corrected chi connectivity index (χ1v) is 6.47. The van der Waals surface area contributed by atoms with Crippen LogP contribution in [0.3, 0.4) is 0 Å². The SMILES string of the molecule is COC(=O)c1ccnc(F)c1-c1c(Cl)ccc(Cl)c1Cl. The molecule has 104 valence electrons. The highest BCUT2D eigenvalue weighted by molar-refractivity contribution is 6.46. The maximum absolute atomic E-state index is 14.0. The molecular formula is C13H7Cl3FNO2. The summed E-state index contributed by atoms with van der Waals surface area (Å²) in [5.41, 5.74) is -0.0743. The molecule has 2 aromatic rings. The van der Waals surface area contributed by atoms with E-state index in [1.165, 1.54) is 25.3 Å². The van der Waals surface area contributed by atoms with Gasteiger partial charge in [-0.2, -0.15) is 4.39 Å². The number of halogens is 4. The smallest absolute Gasteiger partial charge is 0.338 e. The maximum Gasteiger partial charge on any atom is 0.338 e. The summed E-state index contributed by atoms with van der Waals surface area (Å²) in [6.45, 7) is 0. The van der Waals surface area contributed by atoms with Crippen LogP contribution in [0, 0.1) is 5.95 Å². The lowest BCUT2D eigenvalue weighted by Crippen LogP contribution is -2.06. The molecule has 0 aliphatic rings. The lowest BCUT2D eigenvalue weighted by molar-refractivity contribution is 0.0601. The molecule has 0 fully saturated rings. The number of esters is 1. The number of carbonyl (C=O) groups excluding carboxylic acids is 1. The van der Waals surface area contributed by atoms with Crippen molar-refractivity contribution in [2.75, 3.05) is 7.11 Å². The maximum atomic E-state index is 14.0. The van der Waals surface area contributed by atoms with Gasteiger partial charge in [0.25, 0.3) is 0 Å². The Morgan fingerprint density at radius 2 is 1.80 bits per heavy atom. The minimum atomic E-state index is -0.890. The normalized spacial score (nSPS) is 10.4. The molecule has 0 unspecified atom stereocenters. The molecule has 1 heterocycles. The second-order valence-corrected chi connectivity index (χ2v) is 4.93. The van der Waals surface area contributed by atoms with Crippen molar-refractivity contribution in [3.63, 3.8) is 0 Å². The van der Waals surface area contributed by atoms with Crippen LogP contribution in [-0.2, 0) is 4.74 Å². The number of rotatable bonds is 2. The van der Waals surface area contributed by atoms with Crippen LogP contribution < -0.4 is 0 Å². The van der Waals surface area contributed by atoms with Crippen LogP contribution in [0.25, 0.3) is 11.1 Å². The Bertz CT molecular complexity index is 692. The third-order valence-corrected chi connectivity index (χ3v) is 3.72. The van der Waals surface area contributed by atoms with Crippen molar-refractivity contribution < 1.29 is 13.9 Å². The highest BCUT2D eigenvalue weighted by Gasteiger charge is 2.23. The fourth-order valence-electron chi connectivity index (χ4n) is 1.71. The van der Waals surface area contributed by atoms with Gasteiger partial charge in [0.1, 0.15) is 0 Å². The summed E-state index contributed by atoms with van der Waals surface area (Å²) in [4.78, 5) is 15.2. The van der Waals surface area contributed by atoms with E-state index in [4.69, 9.17) is 34.8 Å². The number of benzene rings is 1. The third kappa shape index (κ3) is 2.59. The zero-order chi connectivity index (χ0) is 14.9. The molecule has 0 atom stereocenters. The Hall–Kier alpha value is -1.36. The van der Waals surface area contributed by atoms with E-state index in [1.54, 1.807) is 0 Å². The minimum Gasteiger partial charge on any atom is -0.465 e. The zero-order valence-electron chi connectivity index (χ0n) is 10.1. The van der Waals surface area contributed by atoms with E-state index in [0.717, 1.165) is 6.20 Å². The second-order valence-electron chi connectivity index (χ2n) is 3.73. The van der Waals surface area contributed by atoms with Crippen molar-refractivity contribution in [2.24, 2.45) is 0 Å². The Morgan fingerprint density at radius 1 is 1.15 bits per heavy atom. The molecular weight excluding hydrogens is 328 g/mol. The number of pyridine rings is 1. The molecule has 7 heteroatoms. The Kier molecular flexibility index (Phi) is 4.48. The highest BCUT2D eigenvalue weighted by atomic mass is 35.5. The fourth-order valence-corrected chi connectivity index (χ4v) is 2.43. The first-order chi connectivity index (χ1) is 9.47. The molecule has 1 aromatic heterocycles. The summed E-state index contributed by atoms with van der Waals surface area (Å²) in [5, 5.41) is 0.373. The van der Waals surface area contributed by atoms with E-state index in [-0.39, 0.29) is 31.8 Å². The summed E-state index contributed by atoms with van der Waals surface area (Å²) < 4.78 is 18.7. The minimum absolute atomic E-state index is 0.0360. The molecule has 0 saturated carbocycles. The quantitative estimate of drug-likeness (QED) is 0.456. The van der Waals surface area contributed by atoms with Gasteiger partial charge in [0.2, 0.25) is 5.95 Å². The van der Waals surface area contributed by atoms with Crippen LogP contribution in [0.4, 0.5) is 4.39 Å². The van der Waals surface area contributed by atoms with Gasteiger partial charge < -0.3 is 4.74 Å². The number of hydrogen-bond donors (Lipinski definition) is 0. The lowest BCUT2D eigenvalue weighted by Gasteiger charge is -2.12. The predicted molar refractivity (Wildman–Crippen MR) is 76.0 cm³/mol. The predicted octanol–water partition coefficient (Wildman–Crippen LogP) is 4.63. The Balaban J connectivity index is 2.83. The summed E-state index contributed by atoms with van der Waals surface area (Å²) in [7, 11) is 1.19. The van der Waals surface area contributed by atoms with Crippen LogP contribution in [0.1, 0.15) is 10.4 Å². The van der Waals surface area contributed by atoms with Gasteiger partial charge in [-0.3, -0.25) is 0 Å². The molecule has 2 rings (SSSR count). The van der Waals surface area contributed by atoms with Gasteiger partial charge in [0.15, 0.2) is 0 Å². The van der Waals surface area contributed by atoms with E-state index in [0.29, 0.717) is 0 Å². The van der Waals surface area contributed by atoms with Crippen LogP contribution >= 0.6 is 34.8 Å². The van der Waals surface area contributed by atoms with Crippen molar-refractivity contribution in [1.82, 2.24) is 4.98 Å². The first kappa shape index (κ1) is 15.0. The van der Waals surface area contributed by atoms with Crippen LogP contribution in [0.15, 0.2) is 24.4 Å². The molecule has 0 aliphatic heterocycles. The van der Waals surface area contributed by atoms with Gasteiger partial charge in [-0.05, 0) is 18.2 Å². The largest absolute Gasteiger partial charge is 0.465 e. The number of aromatic nitrogens is 1. The topological polar surface area (TPSA) is 39.2 Å². The van der Waals surface area contributed by atoms with Crippen LogP contribution in [0.5, 0.6) is 0 Å². The molecule has 0 N–H and O–H groups in total. The van der Waals surface area contributed by atoms with E-state index in [9.17, 15) is 9.18 Å². The fraction of sp³-hybridized carbons (Fsp3) is 0.0769. The summed E-state index contributed by atoms with van der Waals surface area (Å²) in [6.07, 6.45) is 1.15. The number of ether oxygens (including phenoxy) is 1. The average molecular weight is 335 g/mol. The number of hydrogen-bond acceptors (Lipinski definition) is 3. The van der Waals surface area contributed by atoms with Gasteiger partial charge >= 0.3 is 5.97 Å². The van der Waals surface area contributed by atoms with Crippen molar-refractivity contribution in [3.8, 4) is 11.1 Å². The van der Waals surface area contributed by atoms with Gasteiger partial charge in [-0.15, -0.1) is 0 Å². The summed E-state index contributed by atoms with van der Waals surface area (Å²) in [5.74, 6) is -1.62. The molecule has 0 radical (unpaired) electrons. The first-order valence-electron chi connectivity index (χ1n) is 5.34. The zero-order valence-corrected chi connectivity index (χ0v) is 12.4. The average Bonchev–Trinajstić information content (AvgIpc) is 2.44. The van der Waals surface area contributed by atoms with Crippen molar-refractivity contribution >= 4 is 40.8 Å². The molecule has 0 aliphatic carbocycles. The monoisotopic (exact) mass is 333 g/mol. The molecule has 0 amide bonds. The molecule has 20 heavy (non-hydrogen) atoms. The lowest BCUT2D eigenvalue weighted by atomic mass is 10.0. The van der Waals surface area contributed by atoms with E-state index < -0.39 is 11.9 Å². The van der Waals surface area contributed by atoms with E-state index in [2.05, 4.69) is 9.72 Å². The van der Waals surface area contributed by atoms with E-state index >= 15 is 0 Å². The van der Waals surface area contributed by atoms with Crippen LogP contribution in [-0.4, -0.2) is 18.1 Å². The molecule has 0 bridgehead atoms. The van der Waals surface area contributed by atoms with Crippen molar-refractivity contribution in [2.45, 2.75) is 0 Å². The van der Waals surface area contributed by atoms with Gasteiger partial charge in [0, 0.05) is 11.8 Å². The third-order valence-electron chi connectivity index (χ3n) is 2.60. The molecule has 1 aromatic carbocycles. The molecule has 0 spiro atoms. The van der Waals surface area contributed by atoms with Crippen molar-refractivity contribution in [1.29, 1.82) is 0 Å².